The summed E-state index contributed by atoms with van der Waals surface area (Å²) in [5.41, 5.74) is 4.41. The zero-order valence-electron chi connectivity index (χ0n) is 31.9. The Kier molecular flexibility index (Phi) is 22.1. The summed E-state index contributed by atoms with van der Waals surface area (Å²) in [4.78, 5) is 0. The number of nitrogens with zero attached hydrogens (tertiary/aromatic N) is 2. The number of imidazole rings is 1. The van der Waals surface area contributed by atoms with Gasteiger partial charge in [0.15, 0.2) is 0 Å². The fourth-order valence-electron chi connectivity index (χ4n) is 7.52. The summed E-state index contributed by atoms with van der Waals surface area (Å²) in [5.74, 6) is 2.03. The second kappa shape index (κ2) is 26.5. The van der Waals surface area contributed by atoms with Crippen molar-refractivity contribution in [3.8, 4) is 0 Å². The Morgan fingerprint density at radius 3 is 1.46 bits per heavy atom. The molecule has 0 spiro atoms. The summed E-state index contributed by atoms with van der Waals surface area (Å²) in [6.07, 6.45) is 36.9. The zero-order chi connectivity index (χ0) is 33.9. The summed E-state index contributed by atoms with van der Waals surface area (Å²) < 4.78 is 5.40. The first kappa shape index (κ1) is 40.1. The van der Waals surface area contributed by atoms with Gasteiger partial charge in [-0.25, -0.2) is 9.13 Å². The molecule has 0 aliphatic carbocycles. The largest absolute Gasteiger partial charge is 0.261 e. The van der Waals surface area contributed by atoms with Gasteiger partial charge in [0.05, 0.1) is 19.5 Å². The van der Waals surface area contributed by atoms with Crippen molar-refractivity contribution in [1.82, 2.24) is 4.57 Å². The van der Waals surface area contributed by atoms with Gasteiger partial charge in [-0.1, -0.05) is 203 Å². The molecule has 0 fully saturated rings. The molecule has 3 aromatic rings. The molecule has 0 aliphatic heterocycles. The highest BCUT2D eigenvalue weighted by molar-refractivity contribution is 5.21. The summed E-state index contributed by atoms with van der Waals surface area (Å²) in [6, 6.07) is 22.4. The third kappa shape index (κ3) is 16.8. The van der Waals surface area contributed by atoms with Crippen LogP contribution in [0.2, 0.25) is 0 Å². The van der Waals surface area contributed by atoms with Crippen molar-refractivity contribution in [2.24, 2.45) is 0 Å². The minimum Gasteiger partial charge on any atom is -0.234 e. The van der Waals surface area contributed by atoms with E-state index in [1.165, 1.54) is 170 Å². The maximum absolute atomic E-state index is 2.74. The third-order valence-corrected chi connectivity index (χ3v) is 10.6. The highest BCUT2D eigenvalue weighted by Crippen LogP contribution is 2.22. The molecule has 0 saturated carbocycles. The standard InChI is InChI=1S/C46H75N2/c1-4-6-8-10-12-14-15-16-17-18-19-20-21-23-31-37-47-41-45(39-42(3)44-35-29-26-30-36-44)48(38-32-24-22-13-11-9-7-5-2)46(47)40-43-33-27-25-28-34-43/h25-30,33-36,41-42H,4-24,31-32,37-40H2,1-3H3/q+1. The smallest absolute Gasteiger partial charge is 0.234 e. The van der Waals surface area contributed by atoms with Crippen LogP contribution in [0.1, 0.15) is 197 Å². The molecule has 1 aromatic heterocycles. The number of unbranched alkanes of at least 4 members (excludes halogenated alkanes) is 21. The van der Waals surface area contributed by atoms with E-state index in [0.717, 1.165) is 25.9 Å². The molecular formula is C46H75N2+. The summed E-state index contributed by atoms with van der Waals surface area (Å²) in [6.45, 7) is 9.34. The van der Waals surface area contributed by atoms with E-state index in [0.29, 0.717) is 5.92 Å². The van der Waals surface area contributed by atoms with Crippen LogP contribution in [0.25, 0.3) is 0 Å². The van der Waals surface area contributed by atoms with Crippen LogP contribution in [0.15, 0.2) is 66.9 Å². The molecule has 0 amide bonds. The Bertz CT molecular complexity index is 1150. The molecule has 268 valence electrons. The average Bonchev–Trinajstić information content (AvgIpc) is 3.42. The maximum Gasteiger partial charge on any atom is 0.261 e. The van der Waals surface area contributed by atoms with E-state index in [1.54, 1.807) is 0 Å². The molecule has 0 aliphatic rings. The Morgan fingerprint density at radius 1 is 0.521 bits per heavy atom. The van der Waals surface area contributed by atoms with Crippen LogP contribution in [0.3, 0.4) is 0 Å². The molecule has 2 heteroatoms. The fourth-order valence-corrected chi connectivity index (χ4v) is 7.52. The normalized spacial score (nSPS) is 12.1. The van der Waals surface area contributed by atoms with Gasteiger partial charge >= 0.3 is 0 Å². The SMILES string of the molecule is CCCCCCCCCCCCCCCCCn1cc(CC(C)c2ccccc2)[n+](CCCCCCCCCC)c1Cc1ccccc1. The number of rotatable bonds is 30. The second-order valence-corrected chi connectivity index (χ2v) is 15.0. The maximum atomic E-state index is 2.74. The Morgan fingerprint density at radius 2 is 0.958 bits per heavy atom. The van der Waals surface area contributed by atoms with Gasteiger partial charge in [-0.3, -0.25) is 0 Å². The molecule has 1 unspecified atom stereocenters. The van der Waals surface area contributed by atoms with Gasteiger partial charge in [0, 0.05) is 6.42 Å². The second-order valence-electron chi connectivity index (χ2n) is 15.0. The lowest BCUT2D eigenvalue weighted by atomic mass is 9.96. The van der Waals surface area contributed by atoms with Crippen LogP contribution in [-0.4, -0.2) is 4.57 Å². The van der Waals surface area contributed by atoms with Gasteiger partial charge in [0.2, 0.25) is 0 Å². The van der Waals surface area contributed by atoms with Crippen molar-refractivity contribution in [2.45, 2.75) is 200 Å². The number of aryl methyl sites for hydroxylation is 1. The summed E-state index contributed by atoms with van der Waals surface area (Å²) in [7, 11) is 0. The van der Waals surface area contributed by atoms with Gasteiger partial charge in [0.25, 0.3) is 5.82 Å². The van der Waals surface area contributed by atoms with Crippen LogP contribution < -0.4 is 4.57 Å². The molecule has 1 heterocycles. The topological polar surface area (TPSA) is 8.81 Å². The molecule has 48 heavy (non-hydrogen) atoms. The molecule has 0 N–H and O–H groups in total. The van der Waals surface area contributed by atoms with E-state index >= 15 is 0 Å². The molecule has 0 saturated heterocycles. The van der Waals surface area contributed by atoms with E-state index < -0.39 is 0 Å². The van der Waals surface area contributed by atoms with Crippen LogP contribution in [0.5, 0.6) is 0 Å². The molecule has 2 aromatic carbocycles. The van der Waals surface area contributed by atoms with Crippen LogP contribution in [-0.2, 0) is 25.9 Å². The zero-order valence-corrected chi connectivity index (χ0v) is 31.9. The van der Waals surface area contributed by atoms with E-state index in [1.807, 2.05) is 0 Å². The quantitative estimate of drug-likeness (QED) is 0.0499. The van der Waals surface area contributed by atoms with Crippen LogP contribution >= 0.6 is 0 Å². The first-order valence-corrected chi connectivity index (χ1v) is 20.9. The Labute approximate surface area is 298 Å². The predicted octanol–water partition coefficient (Wildman–Crippen LogP) is 13.7. The van der Waals surface area contributed by atoms with Gasteiger partial charge in [-0.15, -0.1) is 0 Å². The average molecular weight is 656 g/mol. The lowest BCUT2D eigenvalue weighted by molar-refractivity contribution is -0.710. The van der Waals surface area contributed by atoms with Crippen LogP contribution in [0, 0.1) is 0 Å². The van der Waals surface area contributed by atoms with E-state index in [4.69, 9.17) is 0 Å². The van der Waals surface area contributed by atoms with Gasteiger partial charge in [-0.2, -0.15) is 0 Å². The number of benzene rings is 2. The molecular weight excluding hydrogens is 581 g/mol. The molecule has 0 bridgehead atoms. The molecule has 3 rings (SSSR count). The van der Waals surface area contributed by atoms with E-state index in [2.05, 4.69) is 96.8 Å². The number of hydrogen-bond donors (Lipinski definition) is 0. The van der Waals surface area contributed by atoms with E-state index in [9.17, 15) is 0 Å². The van der Waals surface area contributed by atoms with Gasteiger partial charge in [-0.05, 0) is 42.7 Å². The molecule has 2 nitrogen and oxygen atoms in total. The van der Waals surface area contributed by atoms with Gasteiger partial charge in [0.1, 0.15) is 11.9 Å². The van der Waals surface area contributed by atoms with Crippen molar-refractivity contribution in [1.29, 1.82) is 0 Å². The van der Waals surface area contributed by atoms with Crippen LogP contribution in [0.4, 0.5) is 0 Å². The summed E-state index contributed by atoms with van der Waals surface area (Å²) >= 11 is 0. The molecule has 0 radical (unpaired) electrons. The predicted molar refractivity (Wildman–Crippen MR) is 210 cm³/mol. The lowest BCUT2D eigenvalue weighted by Gasteiger charge is -2.12. The number of hydrogen-bond acceptors (Lipinski definition) is 0. The van der Waals surface area contributed by atoms with Crippen molar-refractivity contribution in [3.63, 3.8) is 0 Å². The number of aromatic nitrogens is 2. The minimum absolute atomic E-state index is 0.516. The molecule has 1 atom stereocenters. The monoisotopic (exact) mass is 656 g/mol. The lowest BCUT2D eigenvalue weighted by Crippen LogP contribution is -2.41. The van der Waals surface area contributed by atoms with Crippen molar-refractivity contribution in [3.05, 3.63) is 89.5 Å². The minimum atomic E-state index is 0.516. The highest BCUT2D eigenvalue weighted by Gasteiger charge is 2.25. The van der Waals surface area contributed by atoms with Crippen molar-refractivity contribution < 1.29 is 4.57 Å². The Hall–Kier alpha value is -2.35. The highest BCUT2D eigenvalue weighted by atomic mass is 15.2. The summed E-state index contributed by atoms with van der Waals surface area (Å²) in [5, 5.41) is 0. The van der Waals surface area contributed by atoms with Crippen molar-refractivity contribution in [2.75, 3.05) is 0 Å². The first-order chi connectivity index (χ1) is 23.7. The van der Waals surface area contributed by atoms with E-state index in [-0.39, 0.29) is 0 Å². The van der Waals surface area contributed by atoms with Gasteiger partial charge < -0.3 is 0 Å². The Balaban J connectivity index is 1.54. The fraction of sp³-hybridized carbons (Fsp3) is 0.674. The first-order valence-electron chi connectivity index (χ1n) is 20.9. The third-order valence-electron chi connectivity index (χ3n) is 10.6. The van der Waals surface area contributed by atoms with Crippen molar-refractivity contribution >= 4 is 0 Å².